The first-order valence-electron chi connectivity index (χ1n) is 6.37. The average molecular weight is 195 g/mol. The molecule has 2 aliphatic rings. The molecule has 3 unspecified atom stereocenters. The van der Waals surface area contributed by atoms with E-state index in [4.69, 9.17) is 0 Å². The van der Waals surface area contributed by atoms with Crippen molar-refractivity contribution in [1.82, 2.24) is 4.90 Å². The molecule has 2 fully saturated rings. The number of fused-ring (bicyclic) bond motifs is 2. The number of nitrogens with zero attached hydrogens (tertiary/aromatic N) is 1. The quantitative estimate of drug-likeness (QED) is 0.653. The normalized spacial score (nSPS) is 38.6. The molecule has 1 aliphatic heterocycles. The van der Waals surface area contributed by atoms with Crippen molar-refractivity contribution in [2.24, 2.45) is 11.8 Å². The molecule has 1 saturated carbocycles. The summed E-state index contributed by atoms with van der Waals surface area (Å²) in [6.07, 6.45) is 5.91. The molecule has 0 aromatic rings. The molecule has 1 nitrogen and oxygen atoms in total. The Morgan fingerprint density at radius 2 is 1.71 bits per heavy atom. The maximum absolute atomic E-state index is 2.81. The van der Waals surface area contributed by atoms with E-state index in [1.54, 1.807) is 0 Å². The molecule has 0 aromatic heterocycles. The lowest BCUT2D eigenvalue weighted by atomic mass is 9.85. The molecule has 1 heteroatoms. The van der Waals surface area contributed by atoms with Gasteiger partial charge in [-0.1, -0.05) is 13.8 Å². The Labute approximate surface area is 88.9 Å². The second-order valence-electron chi connectivity index (χ2n) is 5.92. The van der Waals surface area contributed by atoms with Crippen molar-refractivity contribution in [2.75, 3.05) is 0 Å². The largest absolute Gasteiger partial charge is 0.295 e. The third kappa shape index (κ3) is 1.71. The fourth-order valence-corrected chi connectivity index (χ4v) is 3.69. The van der Waals surface area contributed by atoms with Crippen LogP contribution >= 0.6 is 0 Å². The van der Waals surface area contributed by atoms with E-state index < -0.39 is 0 Å². The van der Waals surface area contributed by atoms with Crippen molar-refractivity contribution < 1.29 is 0 Å². The first-order valence-corrected chi connectivity index (χ1v) is 6.37. The molecule has 2 rings (SSSR count). The predicted molar refractivity (Wildman–Crippen MR) is 61.3 cm³/mol. The van der Waals surface area contributed by atoms with Gasteiger partial charge in [-0.2, -0.15) is 0 Å². The third-order valence-electron chi connectivity index (χ3n) is 4.26. The number of rotatable bonds is 2. The molecular weight excluding hydrogens is 170 g/mol. The van der Waals surface area contributed by atoms with Crippen LogP contribution in [0.1, 0.15) is 53.4 Å². The highest BCUT2D eigenvalue weighted by molar-refractivity contribution is 4.96. The van der Waals surface area contributed by atoms with Crippen LogP contribution in [0, 0.1) is 11.8 Å². The van der Waals surface area contributed by atoms with Gasteiger partial charge in [0.1, 0.15) is 0 Å². The highest BCUT2D eigenvalue weighted by Crippen LogP contribution is 2.42. The van der Waals surface area contributed by atoms with Gasteiger partial charge in [0.2, 0.25) is 0 Å². The highest BCUT2D eigenvalue weighted by Gasteiger charge is 2.41. The van der Waals surface area contributed by atoms with E-state index in [0.717, 1.165) is 30.0 Å². The Morgan fingerprint density at radius 1 is 1.00 bits per heavy atom. The first-order chi connectivity index (χ1) is 6.59. The van der Waals surface area contributed by atoms with E-state index in [1.807, 2.05) is 0 Å². The van der Waals surface area contributed by atoms with E-state index in [1.165, 1.54) is 25.7 Å². The SMILES string of the molecule is CC(C)C1CC2CCC(C2)N1C(C)C. The van der Waals surface area contributed by atoms with Crippen molar-refractivity contribution in [2.45, 2.75) is 71.5 Å². The molecule has 1 heterocycles. The minimum atomic E-state index is 0.742. The molecule has 0 radical (unpaired) electrons. The summed E-state index contributed by atoms with van der Waals surface area (Å²) >= 11 is 0. The van der Waals surface area contributed by atoms with Crippen LogP contribution in [-0.2, 0) is 0 Å². The summed E-state index contributed by atoms with van der Waals surface area (Å²) in [7, 11) is 0. The number of piperidine rings is 1. The molecule has 1 aliphatic carbocycles. The summed E-state index contributed by atoms with van der Waals surface area (Å²) in [5, 5.41) is 0. The van der Waals surface area contributed by atoms with Gasteiger partial charge in [-0.25, -0.2) is 0 Å². The molecule has 0 N–H and O–H groups in total. The maximum atomic E-state index is 2.81. The number of hydrogen-bond donors (Lipinski definition) is 0. The Kier molecular flexibility index (Phi) is 2.88. The Hall–Kier alpha value is -0.0400. The highest BCUT2D eigenvalue weighted by atomic mass is 15.2. The van der Waals surface area contributed by atoms with Crippen LogP contribution in [0.5, 0.6) is 0 Å². The number of likely N-dealkylation sites (tertiary alicyclic amines) is 1. The van der Waals surface area contributed by atoms with Gasteiger partial charge in [-0.05, 0) is 51.4 Å². The summed E-state index contributed by atoms with van der Waals surface area (Å²) in [6.45, 7) is 9.53. The van der Waals surface area contributed by atoms with Crippen LogP contribution in [-0.4, -0.2) is 23.0 Å². The smallest absolute Gasteiger partial charge is 0.0126 e. The van der Waals surface area contributed by atoms with Crippen LogP contribution in [0.4, 0.5) is 0 Å². The van der Waals surface area contributed by atoms with Gasteiger partial charge >= 0.3 is 0 Å². The van der Waals surface area contributed by atoms with Gasteiger partial charge in [0.05, 0.1) is 0 Å². The molecule has 0 amide bonds. The van der Waals surface area contributed by atoms with Gasteiger partial charge in [-0.3, -0.25) is 4.90 Å². The zero-order chi connectivity index (χ0) is 10.3. The molecule has 1 saturated heterocycles. The Bertz CT molecular complexity index is 197. The van der Waals surface area contributed by atoms with Gasteiger partial charge in [0, 0.05) is 18.1 Å². The van der Waals surface area contributed by atoms with Crippen LogP contribution < -0.4 is 0 Å². The monoisotopic (exact) mass is 195 g/mol. The van der Waals surface area contributed by atoms with E-state index >= 15 is 0 Å². The second kappa shape index (κ2) is 3.84. The van der Waals surface area contributed by atoms with Crippen molar-refractivity contribution >= 4 is 0 Å². The third-order valence-corrected chi connectivity index (χ3v) is 4.26. The Balaban J connectivity index is 2.14. The zero-order valence-electron chi connectivity index (χ0n) is 10.2. The van der Waals surface area contributed by atoms with E-state index in [0.29, 0.717) is 0 Å². The molecule has 14 heavy (non-hydrogen) atoms. The fraction of sp³-hybridized carbons (Fsp3) is 1.00. The lowest BCUT2D eigenvalue weighted by Crippen LogP contribution is -2.51. The summed E-state index contributed by atoms with van der Waals surface area (Å²) in [5.41, 5.74) is 0. The van der Waals surface area contributed by atoms with E-state index in [-0.39, 0.29) is 0 Å². The first kappa shape index (κ1) is 10.5. The van der Waals surface area contributed by atoms with Crippen molar-refractivity contribution in [3.63, 3.8) is 0 Å². The molecule has 3 atom stereocenters. The zero-order valence-corrected chi connectivity index (χ0v) is 10.2. The molecular formula is C13H25N. The van der Waals surface area contributed by atoms with Crippen LogP contribution in [0.3, 0.4) is 0 Å². The summed E-state index contributed by atoms with van der Waals surface area (Å²) in [5.74, 6) is 1.89. The number of hydrogen-bond acceptors (Lipinski definition) is 1. The molecule has 0 aromatic carbocycles. The second-order valence-corrected chi connectivity index (χ2v) is 5.92. The van der Waals surface area contributed by atoms with Gasteiger partial charge in [0.15, 0.2) is 0 Å². The minimum absolute atomic E-state index is 0.742. The topological polar surface area (TPSA) is 3.24 Å². The maximum Gasteiger partial charge on any atom is 0.0126 e. The predicted octanol–water partition coefficient (Wildman–Crippen LogP) is 3.29. The van der Waals surface area contributed by atoms with Crippen molar-refractivity contribution in [1.29, 1.82) is 0 Å². The fourth-order valence-electron chi connectivity index (χ4n) is 3.69. The summed E-state index contributed by atoms with van der Waals surface area (Å²) in [6, 6.07) is 2.52. The molecule has 82 valence electrons. The Morgan fingerprint density at radius 3 is 2.29 bits per heavy atom. The van der Waals surface area contributed by atoms with Crippen molar-refractivity contribution in [3.8, 4) is 0 Å². The van der Waals surface area contributed by atoms with Gasteiger partial charge < -0.3 is 0 Å². The lowest BCUT2D eigenvalue weighted by Gasteiger charge is -2.45. The van der Waals surface area contributed by atoms with E-state index in [9.17, 15) is 0 Å². The van der Waals surface area contributed by atoms with Crippen LogP contribution in [0.25, 0.3) is 0 Å². The van der Waals surface area contributed by atoms with Gasteiger partial charge in [-0.15, -0.1) is 0 Å². The summed E-state index contributed by atoms with van der Waals surface area (Å²) < 4.78 is 0. The lowest BCUT2D eigenvalue weighted by molar-refractivity contribution is 0.0317. The van der Waals surface area contributed by atoms with Gasteiger partial charge in [0.25, 0.3) is 0 Å². The van der Waals surface area contributed by atoms with Crippen LogP contribution in [0.2, 0.25) is 0 Å². The van der Waals surface area contributed by atoms with Crippen molar-refractivity contribution in [3.05, 3.63) is 0 Å². The molecule has 0 spiro atoms. The average Bonchev–Trinajstić information content (AvgIpc) is 2.46. The standard InChI is InChI=1S/C13H25N/c1-9(2)13-8-11-5-6-12(7-11)14(13)10(3)4/h9-13H,5-8H2,1-4H3. The molecule has 2 bridgehead atoms. The van der Waals surface area contributed by atoms with Crippen LogP contribution in [0.15, 0.2) is 0 Å². The van der Waals surface area contributed by atoms with E-state index in [2.05, 4.69) is 32.6 Å². The summed E-state index contributed by atoms with van der Waals surface area (Å²) in [4.78, 5) is 2.81. The minimum Gasteiger partial charge on any atom is -0.295 e.